The Morgan fingerprint density at radius 3 is 2.79 bits per heavy atom. The maximum atomic E-state index is 4.52. The fourth-order valence-electron chi connectivity index (χ4n) is 3.43. The predicted molar refractivity (Wildman–Crippen MR) is 107 cm³/mol. The van der Waals surface area contributed by atoms with Crippen LogP contribution >= 0.6 is 11.8 Å². The largest absolute Gasteiger partial charge is 0.356 e. The summed E-state index contributed by atoms with van der Waals surface area (Å²) in [5.41, 5.74) is 0. The van der Waals surface area contributed by atoms with Crippen molar-refractivity contribution in [3.8, 4) is 0 Å². The second-order valence-electron chi connectivity index (χ2n) is 7.43. The quantitative estimate of drug-likeness (QED) is 0.461. The molecule has 0 aromatic rings. The van der Waals surface area contributed by atoms with E-state index in [1.807, 2.05) is 7.05 Å². The lowest BCUT2D eigenvalue weighted by atomic mass is 10.1. The number of rotatable bonds is 5. The highest BCUT2D eigenvalue weighted by Crippen LogP contribution is 2.24. The Labute approximate surface area is 153 Å². The Morgan fingerprint density at radius 1 is 1.21 bits per heavy atom. The number of hydrogen-bond acceptors (Lipinski definition) is 4. The molecular weight excluding hydrogens is 318 g/mol. The van der Waals surface area contributed by atoms with Crippen molar-refractivity contribution in [3.63, 3.8) is 0 Å². The van der Waals surface area contributed by atoms with E-state index in [0.29, 0.717) is 0 Å². The average Bonchev–Trinajstić information content (AvgIpc) is 2.79. The van der Waals surface area contributed by atoms with Gasteiger partial charge in [0.1, 0.15) is 0 Å². The monoisotopic (exact) mass is 355 g/mol. The summed E-state index contributed by atoms with van der Waals surface area (Å²) in [7, 11) is 4.15. The van der Waals surface area contributed by atoms with Crippen LogP contribution in [0.1, 0.15) is 26.7 Å². The van der Waals surface area contributed by atoms with Gasteiger partial charge in [-0.3, -0.25) is 4.99 Å². The molecule has 0 spiro atoms. The number of hydrogen-bond donors (Lipinski definition) is 1. The van der Waals surface area contributed by atoms with Crippen LogP contribution in [0, 0.1) is 5.92 Å². The molecule has 0 radical (unpaired) electrons. The van der Waals surface area contributed by atoms with Gasteiger partial charge in [-0.1, -0.05) is 13.8 Å². The van der Waals surface area contributed by atoms with Gasteiger partial charge in [0.05, 0.1) is 0 Å². The molecule has 0 amide bonds. The SMILES string of the molecule is CN=C(NCCCN1CCCN(C)CC1)N1CCSC(C(C)C)C1. The smallest absolute Gasteiger partial charge is 0.193 e. The molecule has 2 aliphatic rings. The first-order chi connectivity index (χ1) is 11.6. The third-order valence-corrected chi connectivity index (χ3v) is 6.63. The van der Waals surface area contributed by atoms with E-state index < -0.39 is 0 Å². The van der Waals surface area contributed by atoms with E-state index in [9.17, 15) is 0 Å². The number of thioether (sulfide) groups is 1. The summed E-state index contributed by atoms with van der Waals surface area (Å²) in [4.78, 5) is 12.0. The first kappa shape index (κ1) is 19.9. The highest BCUT2D eigenvalue weighted by atomic mass is 32.2. The summed E-state index contributed by atoms with van der Waals surface area (Å²) in [5, 5.41) is 4.32. The minimum Gasteiger partial charge on any atom is -0.356 e. The molecule has 2 saturated heterocycles. The summed E-state index contributed by atoms with van der Waals surface area (Å²) in [6, 6.07) is 0. The van der Waals surface area contributed by atoms with Crippen LogP contribution in [-0.4, -0.2) is 98.1 Å². The molecule has 0 aromatic carbocycles. The summed E-state index contributed by atoms with van der Waals surface area (Å²) in [6.07, 6.45) is 2.49. The highest BCUT2D eigenvalue weighted by molar-refractivity contribution is 8.00. The molecule has 0 aliphatic carbocycles. The van der Waals surface area contributed by atoms with Crippen molar-refractivity contribution in [2.75, 3.05) is 72.2 Å². The first-order valence-corrected chi connectivity index (χ1v) is 10.6. The first-order valence-electron chi connectivity index (χ1n) is 9.58. The standard InChI is InChI=1S/C18H37N5S/c1-16(2)17-15-23(13-14-24-17)18(19-3)20-7-5-9-22-10-6-8-21(4)11-12-22/h16-17H,5-15H2,1-4H3,(H,19,20). The van der Waals surface area contributed by atoms with E-state index in [4.69, 9.17) is 0 Å². The van der Waals surface area contributed by atoms with Gasteiger partial charge >= 0.3 is 0 Å². The predicted octanol–water partition coefficient (Wildman–Crippen LogP) is 1.66. The molecule has 0 saturated carbocycles. The molecule has 2 aliphatic heterocycles. The lowest BCUT2D eigenvalue weighted by molar-refractivity contribution is 0.273. The van der Waals surface area contributed by atoms with Crippen molar-refractivity contribution >= 4 is 17.7 Å². The summed E-state index contributed by atoms with van der Waals surface area (Å²) >= 11 is 2.12. The molecular formula is C18H37N5S. The molecule has 1 N–H and O–H groups in total. The van der Waals surface area contributed by atoms with Crippen LogP contribution in [0.2, 0.25) is 0 Å². The van der Waals surface area contributed by atoms with Crippen LogP contribution in [0.15, 0.2) is 4.99 Å². The third kappa shape index (κ3) is 6.45. The lowest BCUT2D eigenvalue weighted by Gasteiger charge is -2.36. The molecule has 0 aromatic heterocycles. The maximum absolute atomic E-state index is 4.52. The molecule has 24 heavy (non-hydrogen) atoms. The van der Waals surface area contributed by atoms with E-state index in [2.05, 4.69) is 57.7 Å². The number of nitrogens with one attached hydrogen (secondary N) is 1. The van der Waals surface area contributed by atoms with Crippen molar-refractivity contribution in [1.29, 1.82) is 0 Å². The van der Waals surface area contributed by atoms with E-state index in [1.165, 1.54) is 51.3 Å². The normalized spacial score (nSPS) is 25.1. The fourth-order valence-corrected chi connectivity index (χ4v) is 4.73. The Kier molecular flexibility index (Phi) is 8.70. The van der Waals surface area contributed by atoms with Gasteiger partial charge in [0.2, 0.25) is 0 Å². The lowest BCUT2D eigenvalue weighted by Crippen LogP contribution is -2.49. The van der Waals surface area contributed by atoms with E-state index in [-0.39, 0.29) is 0 Å². The fraction of sp³-hybridized carbons (Fsp3) is 0.944. The number of nitrogens with zero attached hydrogens (tertiary/aromatic N) is 4. The van der Waals surface area contributed by atoms with Gasteiger partial charge in [-0.2, -0.15) is 11.8 Å². The van der Waals surface area contributed by atoms with Crippen LogP contribution in [0.4, 0.5) is 0 Å². The number of aliphatic imine (C=N–C) groups is 1. The van der Waals surface area contributed by atoms with Crippen molar-refractivity contribution < 1.29 is 0 Å². The zero-order valence-electron chi connectivity index (χ0n) is 16.1. The van der Waals surface area contributed by atoms with E-state index >= 15 is 0 Å². The molecule has 2 rings (SSSR count). The van der Waals surface area contributed by atoms with Crippen LogP contribution in [0.3, 0.4) is 0 Å². The van der Waals surface area contributed by atoms with Crippen molar-refractivity contribution in [3.05, 3.63) is 0 Å². The van der Waals surface area contributed by atoms with Crippen molar-refractivity contribution in [2.45, 2.75) is 31.9 Å². The van der Waals surface area contributed by atoms with Gasteiger partial charge in [-0.25, -0.2) is 0 Å². The zero-order chi connectivity index (χ0) is 17.4. The topological polar surface area (TPSA) is 34.1 Å². The molecule has 2 fully saturated rings. The number of likely N-dealkylation sites (N-methyl/N-ethyl adjacent to an activating group) is 1. The average molecular weight is 356 g/mol. The molecule has 0 bridgehead atoms. The Bertz CT molecular complexity index is 388. The molecule has 2 heterocycles. The highest BCUT2D eigenvalue weighted by Gasteiger charge is 2.24. The third-order valence-electron chi connectivity index (χ3n) is 5.09. The Morgan fingerprint density at radius 2 is 2.04 bits per heavy atom. The second kappa shape index (κ2) is 10.5. The summed E-state index contributed by atoms with van der Waals surface area (Å²) in [5.74, 6) is 3.04. The van der Waals surface area contributed by atoms with Crippen LogP contribution in [-0.2, 0) is 0 Å². The van der Waals surface area contributed by atoms with Crippen LogP contribution in [0.25, 0.3) is 0 Å². The molecule has 6 heteroatoms. The van der Waals surface area contributed by atoms with Gasteiger partial charge in [0.15, 0.2) is 5.96 Å². The molecule has 1 atom stereocenters. The molecule has 1 unspecified atom stereocenters. The van der Waals surface area contributed by atoms with Gasteiger partial charge in [-0.05, 0) is 45.4 Å². The van der Waals surface area contributed by atoms with Crippen LogP contribution in [0.5, 0.6) is 0 Å². The van der Waals surface area contributed by atoms with Gasteiger partial charge in [0, 0.05) is 50.8 Å². The van der Waals surface area contributed by atoms with E-state index in [1.54, 1.807) is 0 Å². The molecule has 5 nitrogen and oxygen atoms in total. The van der Waals surface area contributed by atoms with Crippen molar-refractivity contribution in [1.82, 2.24) is 20.0 Å². The van der Waals surface area contributed by atoms with Crippen molar-refractivity contribution in [2.24, 2.45) is 10.9 Å². The van der Waals surface area contributed by atoms with Crippen LogP contribution < -0.4 is 5.32 Å². The van der Waals surface area contributed by atoms with E-state index in [0.717, 1.165) is 36.8 Å². The maximum Gasteiger partial charge on any atom is 0.193 e. The zero-order valence-corrected chi connectivity index (χ0v) is 16.9. The summed E-state index contributed by atoms with van der Waals surface area (Å²) in [6.45, 7) is 14.0. The van der Waals surface area contributed by atoms with Gasteiger partial charge in [-0.15, -0.1) is 0 Å². The summed E-state index contributed by atoms with van der Waals surface area (Å²) < 4.78 is 0. The Balaban J connectivity index is 1.68. The van der Waals surface area contributed by atoms with Gasteiger partial charge in [0.25, 0.3) is 0 Å². The number of guanidine groups is 1. The van der Waals surface area contributed by atoms with Gasteiger partial charge < -0.3 is 20.0 Å². The molecule has 140 valence electrons. The Hall–Kier alpha value is -0.460. The second-order valence-corrected chi connectivity index (χ2v) is 8.77. The minimum absolute atomic E-state index is 0.728. The minimum atomic E-state index is 0.728.